The minimum atomic E-state index is 0.0892. The van der Waals surface area contributed by atoms with Crippen LogP contribution in [0.4, 0.5) is 0 Å². The first-order chi connectivity index (χ1) is 5.11. The second kappa shape index (κ2) is 4.56. The van der Waals surface area contributed by atoms with Crippen LogP contribution in [-0.4, -0.2) is 6.10 Å². The van der Waals surface area contributed by atoms with Gasteiger partial charge in [-0.2, -0.15) is 5.26 Å². The van der Waals surface area contributed by atoms with Crippen LogP contribution in [0.1, 0.15) is 20.8 Å². The third kappa shape index (κ3) is 3.47. The fourth-order valence-corrected chi connectivity index (χ4v) is 0.599. The molecule has 0 aliphatic carbocycles. The molecule has 0 amide bonds. The molecule has 2 heteroatoms. The first kappa shape index (κ1) is 9.77. The number of allylic oxidation sites excluding steroid dienone is 2. The van der Waals surface area contributed by atoms with E-state index >= 15 is 0 Å². The lowest BCUT2D eigenvalue weighted by molar-refractivity contribution is 0.156. The maximum absolute atomic E-state index is 8.51. The van der Waals surface area contributed by atoms with Crippen LogP contribution in [0, 0.1) is 11.3 Å². The number of nitriles is 1. The summed E-state index contributed by atoms with van der Waals surface area (Å²) in [6.07, 6.45) is 1.64. The number of ether oxygens (including phenoxy) is 1. The molecule has 0 aromatic carbocycles. The predicted molar refractivity (Wildman–Crippen MR) is 44.7 cm³/mol. The van der Waals surface area contributed by atoms with Gasteiger partial charge >= 0.3 is 0 Å². The molecule has 2 nitrogen and oxygen atoms in total. The van der Waals surface area contributed by atoms with Gasteiger partial charge in [0.2, 0.25) is 0 Å². The van der Waals surface area contributed by atoms with E-state index < -0.39 is 0 Å². The summed E-state index contributed by atoms with van der Waals surface area (Å²) in [7, 11) is 0. The summed E-state index contributed by atoms with van der Waals surface area (Å²) >= 11 is 0. The minimum absolute atomic E-state index is 0.0892. The zero-order valence-corrected chi connectivity index (χ0v) is 7.22. The van der Waals surface area contributed by atoms with Gasteiger partial charge in [0.1, 0.15) is 5.76 Å². The highest BCUT2D eigenvalue weighted by atomic mass is 16.5. The quantitative estimate of drug-likeness (QED) is 0.352. The minimum Gasteiger partial charge on any atom is -0.490 e. The maximum Gasteiger partial charge on any atom is 0.132 e. The monoisotopic (exact) mass is 151 g/mol. The largest absolute Gasteiger partial charge is 0.490 e. The third-order valence-electron chi connectivity index (χ3n) is 1.09. The van der Waals surface area contributed by atoms with Gasteiger partial charge in [-0.3, -0.25) is 0 Å². The molecule has 0 spiro atoms. The number of nitrogens with zero attached hydrogens (tertiary/aromatic N) is 1. The molecule has 0 aliphatic rings. The summed E-state index contributed by atoms with van der Waals surface area (Å²) < 4.78 is 5.29. The molecule has 0 aromatic rings. The normalized spacial score (nSPS) is 11.9. The van der Waals surface area contributed by atoms with Gasteiger partial charge in [-0.25, -0.2) is 0 Å². The van der Waals surface area contributed by atoms with E-state index in [0.717, 1.165) is 0 Å². The summed E-state index contributed by atoms with van der Waals surface area (Å²) in [6, 6.07) is 2.00. The van der Waals surface area contributed by atoms with Crippen LogP contribution in [0.3, 0.4) is 0 Å². The van der Waals surface area contributed by atoms with Gasteiger partial charge < -0.3 is 4.74 Å². The predicted octanol–water partition coefficient (Wildman–Crippen LogP) is 2.39. The first-order valence-electron chi connectivity index (χ1n) is 3.52. The topological polar surface area (TPSA) is 33.0 Å². The Labute approximate surface area is 67.8 Å². The van der Waals surface area contributed by atoms with Crippen LogP contribution in [0.15, 0.2) is 24.0 Å². The van der Waals surface area contributed by atoms with Crippen LogP contribution in [0.25, 0.3) is 0 Å². The molecule has 0 heterocycles. The smallest absolute Gasteiger partial charge is 0.132 e. The molecule has 0 fully saturated rings. The molecule has 0 saturated heterocycles. The molecule has 0 rings (SSSR count). The van der Waals surface area contributed by atoms with E-state index in [1.165, 1.54) is 0 Å². The molecule has 0 bridgehead atoms. The van der Waals surface area contributed by atoms with Crippen LogP contribution in [0.5, 0.6) is 0 Å². The highest BCUT2D eigenvalue weighted by molar-refractivity contribution is 5.27. The molecule has 0 radical (unpaired) electrons. The molecule has 0 aromatic heterocycles. The van der Waals surface area contributed by atoms with Crippen molar-refractivity contribution in [2.45, 2.75) is 26.9 Å². The zero-order chi connectivity index (χ0) is 8.85. The molecule has 0 unspecified atom stereocenters. The Bertz CT molecular complexity index is 208. The third-order valence-corrected chi connectivity index (χ3v) is 1.09. The molecule has 11 heavy (non-hydrogen) atoms. The molecular weight excluding hydrogens is 138 g/mol. The van der Waals surface area contributed by atoms with Crippen molar-refractivity contribution < 1.29 is 4.74 Å². The van der Waals surface area contributed by atoms with Gasteiger partial charge in [0.15, 0.2) is 0 Å². The molecule has 0 saturated carbocycles. The van der Waals surface area contributed by atoms with Crippen molar-refractivity contribution >= 4 is 0 Å². The van der Waals surface area contributed by atoms with Crippen LogP contribution >= 0.6 is 0 Å². The summed E-state index contributed by atoms with van der Waals surface area (Å²) in [5, 5.41) is 8.51. The Hall–Kier alpha value is -1.23. The maximum atomic E-state index is 8.51. The lowest BCUT2D eigenvalue weighted by Crippen LogP contribution is -2.01. The van der Waals surface area contributed by atoms with E-state index in [0.29, 0.717) is 11.3 Å². The number of rotatable bonds is 3. The molecular formula is C9H13NO. The average Bonchev–Trinajstić information content (AvgIpc) is 1.98. The fraction of sp³-hybridized carbons (Fsp3) is 0.444. The van der Waals surface area contributed by atoms with Gasteiger partial charge in [-0.1, -0.05) is 6.58 Å². The Morgan fingerprint density at radius 2 is 2.18 bits per heavy atom. The van der Waals surface area contributed by atoms with Crippen molar-refractivity contribution in [1.82, 2.24) is 0 Å². The SMILES string of the molecule is C=C/C(OC(C)C)=C(\C)C#N. The van der Waals surface area contributed by atoms with Gasteiger partial charge in [0.05, 0.1) is 17.7 Å². The summed E-state index contributed by atoms with van der Waals surface area (Å²) in [6.45, 7) is 9.08. The standard InChI is InChI=1S/C9H13NO/c1-5-9(8(4)6-10)11-7(2)3/h5,7H,1H2,2-4H3/b9-8-. The summed E-state index contributed by atoms with van der Waals surface area (Å²) in [4.78, 5) is 0. The Balaban J connectivity index is 4.43. The Morgan fingerprint density at radius 1 is 1.64 bits per heavy atom. The van der Waals surface area contributed by atoms with Crippen LogP contribution in [-0.2, 0) is 4.74 Å². The fourth-order valence-electron chi connectivity index (χ4n) is 0.599. The van der Waals surface area contributed by atoms with Gasteiger partial charge in [0, 0.05) is 0 Å². The van der Waals surface area contributed by atoms with Crippen molar-refractivity contribution in [3.8, 4) is 6.07 Å². The number of hydrogen-bond donors (Lipinski definition) is 0. The first-order valence-corrected chi connectivity index (χ1v) is 3.52. The lowest BCUT2D eigenvalue weighted by Gasteiger charge is -2.10. The second-order valence-electron chi connectivity index (χ2n) is 2.47. The number of hydrogen-bond acceptors (Lipinski definition) is 2. The van der Waals surface area contributed by atoms with Crippen molar-refractivity contribution in [3.05, 3.63) is 24.0 Å². The summed E-state index contributed by atoms with van der Waals surface area (Å²) in [5.41, 5.74) is 0.564. The zero-order valence-electron chi connectivity index (χ0n) is 7.22. The molecule has 60 valence electrons. The van der Waals surface area contributed by atoms with Crippen LogP contribution < -0.4 is 0 Å². The van der Waals surface area contributed by atoms with E-state index in [-0.39, 0.29) is 6.10 Å². The molecule has 0 N–H and O–H groups in total. The van der Waals surface area contributed by atoms with E-state index in [9.17, 15) is 0 Å². The lowest BCUT2D eigenvalue weighted by atomic mass is 10.3. The van der Waals surface area contributed by atoms with Crippen molar-refractivity contribution in [3.63, 3.8) is 0 Å². The van der Waals surface area contributed by atoms with E-state index in [2.05, 4.69) is 6.58 Å². The van der Waals surface area contributed by atoms with Gasteiger partial charge in [0.25, 0.3) is 0 Å². The van der Waals surface area contributed by atoms with Crippen molar-refractivity contribution in [2.24, 2.45) is 0 Å². The van der Waals surface area contributed by atoms with Gasteiger partial charge in [-0.05, 0) is 26.8 Å². The van der Waals surface area contributed by atoms with E-state index in [1.807, 2.05) is 19.9 Å². The highest BCUT2D eigenvalue weighted by Crippen LogP contribution is 2.08. The second-order valence-corrected chi connectivity index (χ2v) is 2.47. The van der Waals surface area contributed by atoms with Gasteiger partial charge in [-0.15, -0.1) is 0 Å². The van der Waals surface area contributed by atoms with Crippen LogP contribution in [0.2, 0.25) is 0 Å². The van der Waals surface area contributed by atoms with Crippen molar-refractivity contribution in [1.29, 1.82) is 5.26 Å². The average molecular weight is 151 g/mol. The van der Waals surface area contributed by atoms with Crippen molar-refractivity contribution in [2.75, 3.05) is 0 Å². The molecule has 0 aliphatic heterocycles. The van der Waals surface area contributed by atoms with E-state index in [1.54, 1.807) is 13.0 Å². The van der Waals surface area contributed by atoms with E-state index in [4.69, 9.17) is 10.00 Å². The highest BCUT2D eigenvalue weighted by Gasteiger charge is 2.00. The summed E-state index contributed by atoms with van der Waals surface area (Å²) in [5.74, 6) is 0.572. The molecule has 0 atom stereocenters. The Morgan fingerprint density at radius 3 is 2.45 bits per heavy atom. The Kier molecular flexibility index (Phi) is 4.05.